The molecule has 1 unspecified atom stereocenters. The zero-order chi connectivity index (χ0) is 14.6. The second-order valence-electron chi connectivity index (χ2n) is 7.37. The Hall–Kier alpha value is -0.120. The number of aliphatic hydroxyl groups is 1. The van der Waals surface area contributed by atoms with Gasteiger partial charge in [-0.15, -0.1) is 0 Å². The summed E-state index contributed by atoms with van der Waals surface area (Å²) in [5.74, 6) is 2.42. The van der Waals surface area contributed by atoms with Crippen molar-refractivity contribution in [3.63, 3.8) is 0 Å². The number of aliphatic hydroxyl groups excluding tert-OH is 1. The summed E-state index contributed by atoms with van der Waals surface area (Å²) in [5, 5.41) is 13.7. The van der Waals surface area contributed by atoms with Crippen LogP contribution in [0.1, 0.15) is 52.9 Å². The van der Waals surface area contributed by atoms with Gasteiger partial charge in [-0.3, -0.25) is 0 Å². The van der Waals surface area contributed by atoms with Crippen molar-refractivity contribution in [3.05, 3.63) is 0 Å². The Morgan fingerprint density at radius 1 is 1.20 bits per heavy atom. The Balaban J connectivity index is 1.88. The fourth-order valence-electron chi connectivity index (χ4n) is 3.75. The maximum atomic E-state index is 10.00. The first-order valence-electron chi connectivity index (χ1n) is 8.69. The van der Waals surface area contributed by atoms with Crippen LogP contribution < -0.4 is 5.32 Å². The lowest BCUT2D eigenvalue weighted by molar-refractivity contribution is 0.0671. The second kappa shape index (κ2) is 7.24. The van der Waals surface area contributed by atoms with Crippen LogP contribution in [0.5, 0.6) is 0 Å². The van der Waals surface area contributed by atoms with Crippen molar-refractivity contribution in [2.75, 3.05) is 32.8 Å². The van der Waals surface area contributed by atoms with Gasteiger partial charge in [-0.1, -0.05) is 20.8 Å². The highest BCUT2D eigenvalue weighted by Crippen LogP contribution is 2.40. The highest BCUT2D eigenvalue weighted by molar-refractivity contribution is 5.03. The minimum atomic E-state index is -0.0271. The molecule has 1 aliphatic carbocycles. The van der Waals surface area contributed by atoms with E-state index in [4.69, 9.17) is 0 Å². The molecule has 2 aliphatic rings. The van der Waals surface area contributed by atoms with Crippen LogP contribution in [0.15, 0.2) is 0 Å². The van der Waals surface area contributed by atoms with Crippen molar-refractivity contribution in [3.8, 4) is 0 Å². The van der Waals surface area contributed by atoms with E-state index in [0.717, 1.165) is 31.3 Å². The van der Waals surface area contributed by atoms with Crippen LogP contribution in [-0.4, -0.2) is 48.3 Å². The van der Waals surface area contributed by atoms with Crippen molar-refractivity contribution in [1.29, 1.82) is 0 Å². The average molecular weight is 282 g/mol. The molecular weight excluding hydrogens is 248 g/mol. The molecule has 118 valence electrons. The van der Waals surface area contributed by atoms with Crippen molar-refractivity contribution < 1.29 is 5.11 Å². The molecule has 0 radical (unpaired) electrons. The largest absolute Gasteiger partial charge is 0.394 e. The molecule has 1 atom stereocenters. The number of piperidine rings is 1. The fraction of sp³-hybridized carbons (Fsp3) is 1.00. The zero-order valence-electron chi connectivity index (χ0n) is 13.7. The molecule has 0 aromatic carbocycles. The van der Waals surface area contributed by atoms with Gasteiger partial charge in [0.25, 0.3) is 0 Å². The van der Waals surface area contributed by atoms with E-state index in [0.29, 0.717) is 12.5 Å². The third-order valence-corrected chi connectivity index (χ3v) is 5.45. The minimum absolute atomic E-state index is 0.0271. The number of nitrogens with one attached hydrogen (secondary N) is 1. The maximum absolute atomic E-state index is 10.00. The quantitative estimate of drug-likeness (QED) is 0.718. The summed E-state index contributed by atoms with van der Waals surface area (Å²) >= 11 is 0. The first-order valence-corrected chi connectivity index (χ1v) is 8.69. The van der Waals surface area contributed by atoms with Crippen LogP contribution in [0, 0.1) is 17.8 Å². The topological polar surface area (TPSA) is 35.5 Å². The van der Waals surface area contributed by atoms with Gasteiger partial charge in [0.05, 0.1) is 12.1 Å². The molecule has 1 heterocycles. The SMILES string of the molecule is CCCNC(CO)(CN1CCC(C(C)C)CC1)C1CC1. The van der Waals surface area contributed by atoms with E-state index < -0.39 is 0 Å². The summed E-state index contributed by atoms with van der Waals surface area (Å²) in [6, 6.07) is 0. The Bertz CT molecular complexity index is 283. The highest BCUT2D eigenvalue weighted by Gasteiger charge is 2.45. The van der Waals surface area contributed by atoms with E-state index in [1.165, 1.54) is 38.8 Å². The average Bonchev–Trinajstić information content (AvgIpc) is 3.29. The maximum Gasteiger partial charge on any atom is 0.0628 e. The first-order chi connectivity index (χ1) is 9.61. The standard InChI is InChI=1S/C17H34N2O/c1-4-9-18-17(13-20,16-5-6-16)12-19-10-7-15(8-11-19)14(2)3/h14-16,18,20H,4-13H2,1-3H3. The fourth-order valence-corrected chi connectivity index (χ4v) is 3.75. The molecule has 1 aliphatic heterocycles. The van der Waals surface area contributed by atoms with Crippen molar-refractivity contribution in [1.82, 2.24) is 10.2 Å². The van der Waals surface area contributed by atoms with E-state index in [1.807, 2.05) is 0 Å². The molecule has 0 spiro atoms. The first kappa shape index (κ1) is 16.3. The van der Waals surface area contributed by atoms with E-state index in [2.05, 4.69) is 31.0 Å². The number of hydrogen-bond donors (Lipinski definition) is 2. The predicted octanol–water partition coefficient (Wildman–Crippen LogP) is 2.50. The van der Waals surface area contributed by atoms with E-state index in [-0.39, 0.29) is 5.54 Å². The van der Waals surface area contributed by atoms with Gasteiger partial charge in [-0.25, -0.2) is 0 Å². The van der Waals surface area contributed by atoms with Crippen LogP contribution in [0.3, 0.4) is 0 Å². The summed E-state index contributed by atoms with van der Waals surface area (Å²) in [5.41, 5.74) is -0.0271. The third kappa shape index (κ3) is 3.96. The molecule has 0 aromatic rings. The van der Waals surface area contributed by atoms with E-state index in [9.17, 15) is 5.11 Å². The molecular formula is C17H34N2O. The highest BCUT2D eigenvalue weighted by atomic mass is 16.3. The molecule has 3 heteroatoms. The van der Waals surface area contributed by atoms with Crippen molar-refractivity contribution in [2.45, 2.75) is 58.4 Å². The molecule has 0 amide bonds. The number of hydrogen-bond acceptors (Lipinski definition) is 3. The lowest BCUT2D eigenvalue weighted by Crippen LogP contribution is -2.59. The van der Waals surface area contributed by atoms with Crippen molar-refractivity contribution >= 4 is 0 Å². The van der Waals surface area contributed by atoms with E-state index in [1.54, 1.807) is 0 Å². The molecule has 0 bridgehead atoms. The monoisotopic (exact) mass is 282 g/mol. The van der Waals surface area contributed by atoms with Gasteiger partial charge in [-0.05, 0) is 69.5 Å². The molecule has 1 saturated carbocycles. The molecule has 2 fully saturated rings. The van der Waals surface area contributed by atoms with Gasteiger partial charge >= 0.3 is 0 Å². The number of nitrogens with zero attached hydrogens (tertiary/aromatic N) is 1. The van der Waals surface area contributed by atoms with Gasteiger partial charge in [0.15, 0.2) is 0 Å². The Kier molecular flexibility index (Phi) is 5.88. The minimum Gasteiger partial charge on any atom is -0.394 e. The van der Waals surface area contributed by atoms with Gasteiger partial charge in [0.1, 0.15) is 0 Å². The van der Waals surface area contributed by atoms with Gasteiger partial charge < -0.3 is 15.3 Å². The van der Waals surface area contributed by atoms with Crippen LogP contribution in [0.2, 0.25) is 0 Å². The van der Waals surface area contributed by atoms with Crippen LogP contribution in [0.25, 0.3) is 0 Å². The summed E-state index contributed by atoms with van der Waals surface area (Å²) in [4.78, 5) is 2.59. The zero-order valence-corrected chi connectivity index (χ0v) is 13.7. The van der Waals surface area contributed by atoms with Gasteiger partial charge in [0, 0.05) is 6.54 Å². The third-order valence-electron chi connectivity index (χ3n) is 5.45. The Morgan fingerprint density at radius 2 is 1.85 bits per heavy atom. The van der Waals surface area contributed by atoms with Crippen molar-refractivity contribution in [2.24, 2.45) is 17.8 Å². The molecule has 1 saturated heterocycles. The molecule has 20 heavy (non-hydrogen) atoms. The van der Waals surface area contributed by atoms with Gasteiger partial charge in [0.2, 0.25) is 0 Å². The lowest BCUT2D eigenvalue weighted by Gasteiger charge is -2.42. The molecule has 0 aromatic heterocycles. The number of rotatable bonds is 8. The molecule has 2 N–H and O–H groups in total. The van der Waals surface area contributed by atoms with Crippen LogP contribution >= 0.6 is 0 Å². The Morgan fingerprint density at radius 3 is 2.30 bits per heavy atom. The lowest BCUT2D eigenvalue weighted by atomic mass is 9.85. The number of likely N-dealkylation sites (tertiary alicyclic amines) is 1. The Labute approximate surface area is 125 Å². The van der Waals surface area contributed by atoms with Gasteiger partial charge in [-0.2, -0.15) is 0 Å². The summed E-state index contributed by atoms with van der Waals surface area (Å²) in [7, 11) is 0. The summed E-state index contributed by atoms with van der Waals surface area (Å²) < 4.78 is 0. The molecule has 2 rings (SSSR count). The normalized spacial score (nSPS) is 25.1. The summed E-state index contributed by atoms with van der Waals surface area (Å²) in [6.07, 6.45) is 6.39. The smallest absolute Gasteiger partial charge is 0.0628 e. The van der Waals surface area contributed by atoms with Crippen LogP contribution in [-0.2, 0) is 0 Å². The van der Waals surface area contributed by atoms with Crippen LogP contribution in [0.4, 0.5) is 0 Å². The predicted molar refractivity (Wildman–Crippen MR) is 84.8 cm³/mol. The second-order valence-corrected chi connectivity index (χ2v) is 7.37. The molecule has 3 nitrogen and oxygen atoms in total. The van der Waals surface area contributed by atoms with E-state index >= 15 is 0 Å². The summed E-state index contributed by atoms with van der Waals surface area (Å²) in [6.45, 7) is 11.7.